The second-order valence-corrected chi connectivity index (χ2v) is 5.66. The van der Waals surface area contributed by atoms with Gasteiger partial charge in [-0.2, -0.15) is 5.10 Å². The summed E-state index contributed by atoms with van der Waals surface area (Å²) >= 11 is 0. The van der Waals surface area contributed by atoms with E-state index in [2.05, 4.69) is 34.6 Å². The number of benzene rings is 1. The Labute approximate surface area is 125 Å². The van der Waals surface area contributed by atoms with Crippen LogP contribution in [0.4, 0.5) is 5.82 Å². The molecule has 0 fully saturated rings. The van der Waals surface area contributed by atoms with Gasteiger partial charge in [0.2, 0.25) is 5.91 Å². The maximum atomic E-state index is 12.5. The molecule has 110 valence electrons. The van der Waals surface area contributed by atoms with E-state index in [1.807, 2.05) is 18.2 Å². The van der Waals surface area contributed by atoms with Crippen LogP contribution in [0.5, 0.6) is 0 Å². The summed E-state index contributed by atoms with van der Waals surface area (Å²) in [6, 6.07) is 10.2. The number of fused-ring (bicyclic) bond motifs is 1. The van der Waals surface area contributed by atoms with E-state index in [9.17, 15) is 4.79 Å². The van der Waals surface area contributed by atoms with Crippen molar-refractivity contribution in [1.29, 1.82) is 0 Å². The molecule has 2 N–H and O–H groups in total. The summed E-state index contributed by atoms with van der Waals surface area (Å²) < 4.78 is 0. The molecule has 1 heterocycles. The van der Waals surface area contributed by atoms with Crippen molar-refractivity contribution in [2.24, 2.45) is 0 Å². The van der Waals surface area contributed by atoms with Crippen molar-refractivity contribution in [3.63, 3.8) is 0 Å². The lowest BCUT2D eigenvalue weighted by atomic mass is 9.82. The van der Waals surface area contributed by atoms with Crippen molar-refractivity contribution in [3.8, 4) is 0 Å². The summed E-state index contributed by atoms with van der Waals surface area (Å²) in [6.07, 6.45) is 5.07. The largest absolute Gasteiger partial charge is 0.309 e. The highest BCUT2D eigenvalue weighted by atomic mass is 16.2. The number of nitrogens with one attached hydrogen (secondary N) is 2. The number of nitrogens with zero attached hydrogens (tertiary/aromatic N) is 1. The third kappa shape index (κ3) is 2.99. The molecule has 4 nitrogen and oxygen atoms in total. The Balaban J connectivity index is 1.74. The molecule has 0 saturated heterocycles. The molecule has 0 saturated carbocycles. The maximum Gasteiger partial charge on any atom is 0.233 e. The van der Waals surface area contributed by atoms with Gasteiger partial charge in [0.25, 0.3) is 0 Å². The summed E-state index contributed by atoms with van der Waals surface area (Å²) in [5, 5.41) is 10.1. The minimum absolute atomic E-state index is 0.0525. The number of aromatic amines is 1. The van der Waals surface area contributed by atoms with Crippen molar-refractivity contribution in [1.82, 2.24) is 10.2 Å². The molecule has 1 aliphatic rings. The number of H-pyrrole nitrogens is 1. The highest BCUT2D eigenvalue weighted by Gasteiger charge is 2.26. The molecule has 4 heteroatoms. The first kappa shape index (κ1) is 13.9. The van der Waals surface area contributed by atoms with Crippen LogP contribution in [0.2, 0.25) is 0 Å². The Kier molecular flexibility index (Phi) is 4.04. The van der Waals surface area contributed by atoms with Gasteiger partial charge in [0, 0.05) is 11.8 Å². The van der Waals surface area contributed by atoms with Crippen LogP contribution in [0, 0.1) is 0 Å². The number of anilines is 1. The Bertz CT molecular complexity index is 632. The average Bonchev–Trinajstić information content (AvgIpc) is 2.94. The van der Waals surface area contributed by atoms with Crippen LogP contribution in [0.25, 0.3) is 0 Å². The van der Waals surface area contributed by atoms with Crippen LogP contribution in [0.3, 0.4) is 0 Å². The summed E-state index contributed by atoms with van der Waals surface area (Å²) in [4.78, 5) is 12.5. The SMILES string of the molecule is CCCc1cc(NC(=O)C2CCCc3ccccc32)n[nH]1. The zero-order valence-corrected chi connectivity index (χ0v) is 12.4. The third-order valence-electron chi connectivity index (χ3n) is 4.09. The van der Waals surface area contributed by atoms with Gasteiger partial charge >= 0.3 is 0 Å². The molecule has 1 unspecified atom stereocenters. The van der Waals surface area contributed by atoms with Gasteiger partial charge in [-0.3, -0.25) is 9.89 Å². The van der Waals surface area contributed by atoms with Crippen LogP contribution in [0.1, 0.15) is 48.9 Å². The molecule has 1 aromatic carbocycles. The smallest absolute Gasteiger partial charge is 0.233 e. The molecule has 0 spiro atoms. The highest BCUT2D eigenvalue weighted by Crippen LogP contribution is 2.32. The number of carbonyl (C=O) groups excluding carboxylic acids is 1. The van der Waals surface area contributed by atoms with E-state index in [4.69, 9.17) is 0 Å². The van der Waals surface area contributed by atoms with Crippen LogP contribution in [-0.2, 0) is 17.6 Å². The van der Waals surface area contributed by atoms with Gasteiger partial charge in [-0.25, -0.2) is 0 Å². The molecule has 3 rings (SSSR count). The predicted molar refractivity (Wildman–Crippen MR) is 83.3 cm³/mol. The summed E-state index contributed by atoms with van der Waals surface area (Å²) in [6.45, 7) is 2.12. The van der Waals surface area contributed by atoms with E-state index in [-0.39, 0.29) is 11.8 Å². The lowest BCUT2D eigenvalue weighted by molar-refractivity contribution is -0.117. The number of carbonyl (C=O) groups is 1. The van der Waals surface area contributed by atoms with Gasteiger partial charge < -0.3 is 5.32 Å². The van der Waals surface area contributed by atoms with Crippen LogP contribution < -0.4 is 5.32 Å². The molecular weight excluding hydrogens is 262 g/mol. The summed E-state index contributed by atoms with van der Waals surface area (Å²) in [5.74, 6) is 0.629. The van der Waals surface area contributed by atoms with Gasteiger partial charge in [0.1, 0.15) is 0 Å². The molecule has 21 heavy (non-hydrogen) atoms. The standard InChI is InChI=1S/C17H21N3O/c1-2-6-13-11-16(20-19-13)18-17(21)15-10-5-8-12-7-3-4-9-14(12)15/h3-4,7,9,11,15H,2,5-6,8,10H2,1H3,(H2,18,19,20,21). The summed E-state index contributed by atoms with van der Waals surface area (Å²) in [7, 11) is 0. The lowest BCUT2D eigenvalue weighted by Gasteiger charge is -2.24. The predicted octanol–water partition coefficient (Wildman–Crippen LogP) is 3.42. The quantitative estimate of drug-likeness (QED) is 0.903. The maximum absolute atomic E-state index is 12.5. The second-order valence-electron chi connectivity index (χ2n) is 5.66. The van der Waals surface area contributed by atoms with Crippen molar-refractivity contribution >= 4 is 11.7 Å². The average molecular weight is 283 g/mol. The Morgan fingerprint density at radius 2 is 2.29 bits per heavy atom. The van der Waals surface area contributed by atoms with Crippen molar-refractivity contribution < 1.29 is 4.79 Å². The van der Waals surface area contributed by atoms with E-state index >= 15 is 0 Å². The fourth-order valence-electron chi connectivity index (χ4n) is 3.06. The first-order chi connectivity index (χ1) is 10.3. The van der Waals surface area contributed by atoms with E-state index in [1.165, 1.54) is 11.1 Å². The van der Waals surface area contributed by atoms with Crippen LogP contribution in [0.15, 0.2) is 30.3 Å². The first-order valence-corrected chi connectivity index (χ1v) is 7.71. The monoisotopic (exact) mass is 283 g/mol. The third-order valence-corrected chi connectivity index (χ3v) is 4.09. The molecular formula is C17H21N3O. The Morgan fingerprint density at radius 1 is 1.43 bits per heavy atom. The number of aryl methyl sites for hydroxylation is 2. The van der Waals surface area contributed by atoms with E-state index in [1.54, 1.807) is 0 Å². The number of aromatic nitrogens is 2. The molecule has 1 amide bonds. The van der Waals surface area contributed by atoms with Crippen LogP contribution in [-0.4, -0.2) is 16.1 Å². The van der Waals surface area contributed by atoms with E-state index in [0.717, 1.165) is 37.8 Å². The fourth-order valence-corrected chi connectivity index (χ4v) is 3.06. The van der Waals surface area contributed by atoms with Crippen molar-refractivity contribution in [3.05, 3.63) is 47.2 Å². The fraction of sp³-hybridized carbons (Fsp3) is 0.412. The lowest BCUT2D eigenvalue weighted by Crippen LogP contribution is -2.24. The molecule has 0 aliphatic heterocycles. The molecule has 2 aromatic rings. The minimum atomic E-state index is -0.0544. The Morgan fingerprint density at radius 3 is 3.14 bits per heavy atom. The van der Waals surface area contributed by atoms with Gasteiger partial charge in [-0.1, -0.05) is 37.6 Å². The van der Waals surface area contributed by atoms with E-state index < -0.39 is 0 Å². The van der Waals surface area contributed by atoms with Gasteiger partial charge in [0.05, 0.1) is 5.92 Å². The zero-order valence-electron chi connectivity index (χ0n) is 12.4. The second kappa shape index (κ2) is 6.12. The number of rotatable bonds is 4. The Hall–Kier alpha value is -2.10. The number of hydrogen-bond acceptors (Lipinski definition) is 2. The van der Waals surface area contributed by atoms with E-state index in [0.29, 0.717) is 5.82 Å². The molecule has 0 radical (unpaired) electrons. The molecule has 1 aromatic heterocycles. The van der Waals surface area contributed by atoms with Gasteiger partial charge in [0.15, 0.2) is 5.82 Å². The number of amides is 1. The topological polar surface area (TPSA) is 57.8 Å². The van der Waals surface area contributed by atoms with Crippen molar-refractivity contribution in [2.75, 3.05) is 5.32 Å². The van der Waals surface area contributed by atoms with Gasteiger partial charge in [-0.15, -0.1) is 0 Å². The first-order valence-electron chi connectivity index (χ1n) is 7.71. The number of hydrogen-bond donors (Lipinski definition) is 2. The highest BCUT2D eigenvalue weighted by molar-refractivity contribution is 5.95. The molecule has 0 bridgehead atoms. The summed E-state index contributed by atoms with van der Waals surface area (Å²) in [5.41, 5.74) is 3.54. The molecule has 1 aliphatic carbocycles. The normalized spacial score (nSPS) is 17.3. The van der Waals surface area contributed by atoms with Gasteiger partial charge in [-0.05, 0) is 36.8 Å². The van der Waals surface area contributed by atoms with Crippen LogP contribution >= 0.6 is 0 Å². The minimum Gasteiger partial charge on any atom is -0.309 e. The molecule has 1 atom stereocenters. The zero-order chi connectivity index (χ0) is 14.7. The van der Waals surface area contributed by atoms with Crippen molar-refractivity contribution in [2.45, 2.75) is 44.9 Å².